The number of carboxylic acid groups (broad SMARTS) is 1. The summed E-state index contributed by atoms with van der Waals surface area (Å²) in [7, 11) is 1.58. The quantitative estimate of drug-likeness (QED) is 0.250. The Morgan fingerprint density at radius 1 is 0.895 bits per heavy atom. The van der Waals surface area contributed by atoms with Crippen LogP contribution in [0.2, 0.25) is 0 Å². The number of hydrogen-bond acceptors (Lipinski definition) is 9. The summed E-state index contributed by atoms with van der Waals surface area (Å²) in [5, 5.41) is 52.8. The maximum absolute atomic E-state index is 12.2. The molecule has 2 aromatic carbocycles. The fourth-order valence-corrected chi connectivity index (χ4v) is 3.35. The molecule has 1 aliphatic rings. The third kappa shape index (κ3) is 10.8. The first-order valence-electron chi connectivity index (χ1n) is 11.9. The van der Waals surface area contributed by atoms with Gasteiger partial charge in [0.05, 0.1) is 31.0 Å². The number of allylic oxidation sites excluding steroid dienone is 2. The Kier molecular flexibility index (Phi) is 14.6. The number of Topliss-reactive ketones (excluding diaryl/α,β-unsaturated/α-hetero) is 1. The van der Waals surface area contributed by atoms with Crippen LogP contribution in [0.5, 0.6) is 5.75 Å². The topological polar surface area (TPSA) is 168 Å². The number of aromatic hydroxyl groups is 1. The molecule has 10 heteroatoms. The van der Waals surface area contributed by atoms with Crippen molar-refractivity contribution in [3.05, 3.63) is 89.2 Å². The number of carbonyl (C=O) groups is 2. The Bertz CT molecular complexity index is 1050. The number of ether oxygens (including phenoxy) is 1. The van der Waals surface area contributed by atoms with Gasteiger partial charge >= 0.3 is 5.97 Å². The summed E-state index contributed by atoms with van der Waals surface area (Å²) in [5.41, 5.74) is 0.313. The molecule has 10 nitrogen and oxygen atoms in total. The van der Waals surface area contributed by atoms with Crippen LogP contribution < -0.4 is 0 Å². The highest BCUT2D eigenvalue weighted by Gasteiger charge is 2.29. The molecule has 0 aromatic heterocycles. The zero-order valence-electron chi connectivity index (χ0n) is 21.7. The molecule has 0 saturated carbocycles. The Balaban J connectivity index is 0.000000309. The Labute approximate surface area is 222 Å². The molecule has 0 fully saturated rings. The highest BCUT2D eigenvalue weighted by atomic mass is 16.5. The van der Waals surface area contributed by atoms with E-state index >= 15 is 0 Å². The second-order valence-electron chi connectivity index (χ2n) is 8.42. The lowest BCUT2D eigenvalue weighted by molar-refractivity contribution is 0.0382. The number of phenols is 1. The summed E-state index contributed by atoms with van der Waals surface area (Å²) in [4.78, 5) is 24.3. The number of para-hydroxylation sites is 1. The van der Waals surface area contributed by atoms with Gasteiger partial charge in [-0.3, -0.25) is 9.69 Å². The number of carboxylic acids is 1. The Morgan fingerprint density at radius 3 is 1.84 bits per heavy atom. The summed E-state index contributed by atoms with van der Waals surface area (Å²) < 4.78 is 5.29. The van der Waals surface area contributed by atoms with E-state index in [1.807, 2.05) is 19.1 Å². The zero-order chi connectivity index (χ0) is 28.6. The van der Waals surface area contributed by atoms with Gasteiger partial charge in [-0.15, -0.1) is 0 Å². The van der Waals surface area contributed by atoms with Crippen molar-refractivity contribution in [2.45, 2.75) is 18.9 Å². The number of hydrogen-bond donors (Lipinski definition) is 6. The molecule has 1 atom stereocenters. The monoisotopic (exact) mass is 531 g/mol. The van der Waals surface area contributed by atoms with E-state index in [4.69, 9.17) is 30.3 Å². The van der Waals surface area contributed by atoms with Gasteiger partial charge in [-0.1, -0.05) is 48.5 Å². The number of rotatable bonds is 10. The lowest BCUT2D eigenvalue weighted by Crippen LogP contribution is -2.32. The number of nitrogens with zero attached hydrogens (tertiary/aromatic N) is 1. The minimum atomic E-state index is -1.11. The van der Waals surface area contributed by atoms with Crippen LogP contribution in [0.4, 0.5) is 0 Å². The van der Waals surface area contributed by atoms with E-state index in [1.54, 1.807) is 54.5 Å². The molecule has 38 heavy (non-hydrogen) atoms. The number of aromatic carboxylic acids is 1. The molecular weight excluding hydrogens is 494 g/mol. The summed E-state index contributed by atoms with van der Waals surface area (Å²) in [6.07, 6.45) is 3.76. The van der Waals surface area contributed by atoms with Gasteiger partial charge in [0.25, 0.3) is 0 Å². The summed E-state index contributed by atoms with van der Waals surface area (Å²) in [6, 6.07) is 14.7. The van der Waals surface area contributed by atoms with Crippen LogP contribution in [0.25, 0.3) is 0 Å². The molecule has 0 saturated heterocycles. The Morgan fingerprint density at radius 2 is 1.42 bits per heavy atom. The van der Waals surface area contributed by atoms with Crippen molar-refractivity contribution in [3.8, 4) is 5.75 Å². The highest BCUT2D eigenvalue weighted by Crippen LogP contribution is 2.29. The first-order chi connectivity index (χ1) is 18.1. The molecular formula is C28H37NO9. The first kappa shape index (κ1) is 32.5. The van der Waals surface area contributed by atoms with E-state index in [-0.39, 0.29) is 42.7 Å². The molecule has 2 aromatic rings. The normalized spacial score (nSPS) is 16.3. The molecule has 1 unspecified atom stereocenters. The predicted octanol–water partition coefficient (Wildman–Crippen LogP) is 2.40. The smallest absolute Gasteiger partial charge is 0.339 e. The molecule has 0 bridgehead atoms. The van der Waals surface area contributed by atoms with Gasteiger partial charge in [-0.2, -0.15) is 0 Å². The second-order valence-corrected chi connectivity index (χ2v) is 8.42. The van der Waals surface area contributed by atoms with Gasteiger partial charge in [-0.25, -0.2) is 4.79 Å². The SMILES string of the molecule is COC1(C)C=CC(C(=O)c2ccccc2)=C(O)C1.O=C(O)c1ccccc1O.OCCN(CCO)CCO. The molecule has 0 spiro atoms. The minimum absolute atomic E-state index is 0.0671. The van der Waals surface area contributed by atoms with E-state index in [1.165, 1.54) is 12.1 Å². The molecule has 3 rings (SSSR count). The molecule has 0 amide bonds. The van der Waals surface area contributed by atoms with Crippen LogP contribution in [-0.4, -0.2) is 99.5 Å². The lowest BCUT2D eigenvalue weighted by atomic mass is 9.89. The van der Waals surface area contributed by atoms with Gasteiger partial charge in [0, 0.05) is 38.7 Å². The predicted molar refractivity (Wildman–Crippen MR) is 142 cm³/mol. The molecule has 208 valence electrons. The van der Waals surface area contributed by atoms with Crippen molar-refractivity contribution in [2.24, 2.45) is 0 Å². The maximum atomic E-state index is 12.2. The average Bonchev–Trinajstić information content (AvgIpc) is 2.90. The fraction of sp³-hybridized carbons (Fsp3) is 0.357. The van der Waals surface area contributed by atoms with Crippen molar-refractivity contribution >= 4 is 11.8 Å². The zero-order valence-corrected chi connectivity index (χ0v) is 21.7. The van der Waals surface area contributed by atoms with E-state index < -0.39 is 11.6 Å². The minimum Gasteiger partial charge on any atom is -0.511 e. The van der Waals surface area contributed by atoms with Gasteiger partial charge in [0.1, 0.15) is 17.1 Å². The van der Waals surface area contributed by atoms with E-state index in [0.29, 0.717) is 37.2 Å². The highest BCUT2D eigenvalue weighted by molar-refractivity contribution is 6.11. The number of benzene rings is 2. The number of ketones is 1. The van der Waals surface area contributed by atoms with Crippen molar-refractivity contribution in [1.29, 1.82) is 0 Å². The maximum Gasteiger partial charge on any atom is 0.339 e. The molecule has 6 N–H and O–H groups in total. The van der Waals surface area contributed by atoms with Crippen LogP contribution in [0.15, 0.2) is 78.1 Å². The number of aliphatic hydroxyl groups excluding tert-OH is 4. The molecule has 1 aliphatic carbocycles. The molecule has 0 aliphatic heterocycles. The largest absolute Gasteiger partial charge is 0.511 e. The fourth-order valence-electron chi connectivity index (χ4n) is 3.35. The third-order valence-electron chi connectivity index (χ3n) is 5.56. The summed E-state index contributed by atoms with van der Waals surface area (Å²) in [5.74, 6) is -1.40. The lowest BCUT2D eigenvalue weighted by Gasteiger charge is -2.27. The van der Waals surface area contributed by atoms with Crippen molar-refractivity contribution in [2.75, 3.05) is 46.6 Å². The summed E-state index contributed by atoms with van der Waals surface area (Å²) >= 11 is 0. The number of carbonyl (C=O) groups excluding carboxylic acids is 1. The third-order valence-corrected chi connectivity index (χ3v) is 5.56. The van der Waals surface area contributed by atoms with Crippen LogP contribution in [-0.2, 0) is 4.74 Å². The second kappa shape index (κ2) is 17.1. The van der Waals surface area contributed by atoms with Gasteiger partial charge in [0.2, 0.25) is 0 Å². The standard InChI is InChI=1S/C15H16O3.C7H6O3.C6H15NO3/c1-15(18-2)9-8-12(13(16)10-15)14(17)11-6-4-3-5-7-11;8-6-4-2-1-3-5(6)7(9)10;8-4-1-7(2-5-9)3-6-10/h3-9,16H,10H2,1-2H3;1-4,8H,(H,9,10);8-10H,1-6H2. The Hall–Kier alpha value is -3.54. The first-order valence-corrected chi connectivity index (χ1v) is 11.9. The van der Waals surface area contributed by atoms with Crippen LogP contribution in [0, 0.1) is 0 Å². The average molecular weight is 532 g/mol. The summed E-state index contributed by atoms with van der Waals surface area (Å²) in [6.45, 7) is 3.62. The van der Waals surface area contributed by atoms with Crippen LogP contribution in [0.3, 0.4) is 0 Å². The molecule has 0 radical (unpaired) electrons. The van der Waals surface area contributed by atoms with Gasteiger partial charge < -0.3 is 35.4 Å². The van der Waals surface area contributed by atoms with Gasteiger partial charge in [-0.05, 0) is 25.1 Å². The van der Waals surface area contributed by atoms with E-state index in [9.17, 15) is 14.7 Å². The number of aliphatic hydroxyl groups is 4. The van der Waals surface area contributed by atoms with Gasteiger partial charge in [0.15, 0.2) is 5.78 Å². The van der Waals surface area contributed by atoms with Crippen molar-refractivity contribution in [1.82, 2.24) is 4.90 Å². The number of methoxy groups -OCH3 is 1. The van der Waals surface area contributed by atoms with E-state index in [2.05, 4.69) is 0 Å². The van der Waals surface area contributed by atoms with Crippen molar-refractivity contribution < 1.29 is 45.0 Å². The van der Waals surface area contributed by atoms with E-state index in [0.717, 1.165) is 0 Å². The van der Waals surface area contributed by atoms with Crippen molar-refractivity contribution in [3.63, 3.8) is 0 Å². The van der Waals surface area contributed by atoms with Crippen LogP contribution >= 0.6 is 0 Å². The van der Waals surface area contributed by atoms with Crippen LogP contribution in [0.1, 0.15) is 34.1 Å². The molecule has 0 heterocycles.